The predicted octanol–water partition coefficient (Wildman–Crippen LogP) is 3.57. The zero-order chi connectivity index (χ0) is 21.2. The number of rotatable bonds is 7. The molecule has 4 saturated carbocycles. The molecule has 4 fully saturated rings. The van der Waals surface area contributed by atoms with Gasteiger partial charge in [0.2, 0.25) is 0 Å². The Morgan fingerprint density at radius 1 is 1.04 bits per heavy atom. The normalized spacial score (nSPS) is 31.5. The highest BCUT2D eigenvalue weighted by Crippen LogP contribution is 2.60. The lowest BCUT2D eigenvalue weighted by Crippen LogP contribution is -2.49. The molecule has 0 unspecified atom stereocenters. The minimum absolute atomic E-state index is 0.180. The molecule has 0 saturated heterocycles. The summed E-state index contributed by atoms with van der Waals surface area (Å²) in [5, 5.41) is -4.89. The molecule has 0 aromatic rings. The predicted molar refractivity (Wildman–Crippen MR) is 102 cm³/mol. The third-order valence-corrected chi connectivity index (χ3v) is 7.39. The maximum Gasteiger partial charge on any atom is 0.465 e. The van der Waals surface area contributed by atoms with Crippen LogP contribution < -0.4 is 0 Å². The zero-order valence-electron chi connectivity index (χ0n) is 17.0. The molecule has 0 radical (unpaired) electrons. The Bertz CT molecular complexity index is 608. The average Bonchev–Trinajstić information content (AvgIpc) is 2.59. The van der Waals surface area contributed by atoms with E-state index in [1.807, 2.05) is 0 Å². The molecule has 6 nitrogen and oxygen atoms in total. The largest absolute Gasteiger partial charge is 0.465 e. The van der Waals surface area contributed by atoms with E-state index in [4.69, 9.17) is 4.55 Å². The van der Waals surface area contributed by atoms with Crippen molar-refractivity contribution < 1.29 is 31.3 Å². The lowest BCUT2D eigenvalue weighted by atomic mass is 9.50. The van der Waals surface area contributed by atoms with E-state index in [0.717, 1.165) is 38.5 Å². The summed E-state index contributed by atoms with van der Waals surface area (Å²) in [5.74, 6) is -0.480. The minimum atomic E-state index is -5.79. The van der Waals surface area contributed by atoms with Crippen molar-refractivity contribution in [3.8, 4) is 0 Å². The van der Waals surface area contributed by atoms with E-state index >= 15 is 0 Å². The van der Waals surface area contributed by atoms with Gasteiger partial charge in [-0.25, -0.2) is 4.79 Å². The summed E-state index contributed by atoms with van der Waals surface area (Å²) >= 11 is 0. The van der Waals surface area contributed by atoms with Crippen molar-refractivity contribution >= 4 is 16.1 Å². The van der Waals surface area contributed by atoms with Crippen LogP contribution in [-0.4, -0.2) is 55.3 Å². The number of esters is 1. The van der Waals surface area contributed by atoms with Crippen LogP contribution in [-0.2, 0) is 19.6 Å². The molecule has 1 N–H and O–H groups in total. The molecule has 0 aromatic heterocycles. The summed E-state index contributed by atoms with van der Waals surface area (Å²) in [7, 11) is -5.79. The molecule has 0 spiro atoms. The van der Waals surface area contributed by atoms with Crippen LogP contribution in [0.15, 0.2) is 0 Å². The second-order valence-corrected chi connectivity index (χ2v) is 10.1. The van der Waals surface area contributed by atoms with E-state index in [0.29, 0.717) is 17.8 Å². The van der Waals surface area contributed by atoms with Crippen molar-refractivity contribution in [1.82, 2.24) is 4.90 Å². The quantitative estimate of drug-likeness (QED) is 0.496. The first-order valence-corrected chi connectivity index (χ1v) is 11.6. The van der Waals surface area contributed by atoms with Crippen molar-refractivity contribution in [2.45, 2.75) is 64.6 Å². The summed E-state index contributed by atoms with van der Waals surface area (Å²) in [6.07, 6.45) is 6.04. The molecule has 4 aliphatic rings. The highest BCUT2D eigenvalue weighted by Gasteiger charge is 2.56. The van der Waals surface area contributed by atoms with Gasteiger partial charge < -0.3 is 9.64 Å². The number of carbonyl (C=O) groups is 1. The third kappa shape index (κ3) is 5.21. The standard InChI is InChI=1S/C13H18F2O5S.C6H15N/c14-13(15,21(17,18)19)11(16)20-7-12-4-8-1-9(5-12)3-10(2-8)6-12;1-4-7(5-2)6-3/h8-10H,1-7H2,(H,17,18,19);4-6H2,1-3H3. The molecular weight excluding hydrogens is 392 g/mol. The van der Waals surface area contributed by atoms with Crippen LogP contribution in [0.3, 0.4) is 0 Å². The van der Waals surface area contributed by atoms with Gasteiger partial charge in [-0.2, -0.15) is 17.2 Å². The monoisotopic (exact) mass is 425 g/mol. The lowest BCUT2D eigenvalue weighted by Gasteiger charge is -2.56. The summed E-state index contributed by atoms with van der Waals surface area (Å²) in [6, 6.07) is 0. The van der Waals surface area contributed by atoms with Crippen LogP contribution in [0.5, 0.6) is 0 Å². The van der Waals surface area contributed by atoms with Gasteiger partial charge in [0.1, 0.15) is 0 Å². The van der Waals surface area contributed by atoms with Crippen molar-refractivity contribution in [3.05, 3.63) is 0 Å². The van der Waals surface area contributed by atoms with Gasteiger partial charge in [-0.05, 0) is 75.9 Å². The van der Waals surface area contributed by atoms with Crippen molar-refractivity contribution in [2.24, 2.45) is 23.2 Å². The Kier molecular flexibility index (Phi) is 7.48. The van der Waals surface area contributed by atoms with Crippen molar-refractivity contribution in [2.75, 3.05) is 26.2 Å². The molecule has 0 heterocycles. The second-order valence-electron chi connectivity index (χ2n) is 8.61. The van der Waals surface area contributed by atoms with Crippen LogP contribution in [0.4, 0.5) is 8.78 Å². The SMILES string of the molecule is CCN(CC)CC.O=C(OCC12CC3CC(CC(C3)C1)C2)C(F)(F)S(=O)(=O)O. The Hall–Kier alpha value is -0.800. The summed E-state index contributed by atoms with van der Waals surface area (Å²) in [5.41, 5.74) is -0.278. The molecule has 164 valence electrons. The lowest BCUT2D eigenvalue weighted by molar-refractivity contribution is -0.172. The highest BCUT2D eigenvalue weighted by molar-refractivity contribution is 7.87. The molecule has 9 heteroatoms. The van der Waals surface area contributed by atoms with Crippen LogP contribution in [0.1, 0.15) is 59.3 Å². The molecule has 28 heavy (non-hydrogen) atoms. The number of carbonyl (C=O) groups excluding carboxylic acids is 1. The molecule has 0 aromatic carbocycles. The molecule has 0 amide bonds. The second kappa shape index (κ2) is 8.92. The van der Waals surface area contributed by atoms with Crippen LogP contribution >= 0.6 is 0 Å². The maximum atomic E-state index is 13.2. The molecule has 0 aliphatic heterocycles. The van der Waals surface area contributed by atoms with Gasteiger partial charge in [-0.15, -0.1) is 0 Å². The van der Waals surface area contributed by atoms with Crippen LogP contribution in [0.25, 0.3) is 0 Å². The van der Waals surface area contributed by atoms with E-state index in [9.17, 15) is 22.0 Å². The number of hydrogen-bond acceptors (Lipinski definition) is 5. The fourth-order valence-corrected chi connectivity index (χ4v) is 5.82. The molecule has 0 atom stereocenters. The summed E-state index contributed by atoms with van der Waals surface area (Å²) in [4.78, 5) is 13.7. The van der Waals surface area contributed by atoms with E-state index in [1.54, 1.807) is 0 Å². The molecule has 4 rings (SSSR count). The van der Waals surface area contributed by atoms with Crippen LogP contribution in [0, 0.1) is 23.2 Å². The summed E-state index contributed by atoms with van der Waals surface area (Å²) in [6.45, 7) is 9.94. The van der Waals surface area contributed by atoms with Gasteiger partial charge in [0.15, 0.2) is 0 Å². The van der Waals surface area contributed by atoms with Gasteiger partial charge in [0.25, 0.3) is 0 Å². The van der Waals surface area contributed by atoms with Gasteiger partial charge in [0, 0.05) is 5.41 Å². The first kappa shape index (κ1) is 23.5. The van der Waals surface area contributed by atoms with Crippen LogP contribution in [0.2, 0.25) is 0 Å². The molecule has 4 bridgehead atoms. The highest BCUT2D eigenvalue weighted by atomic mass is 32.2. The van der Waals surface area contributed by atoms with E-state index in [1.165, 1.54) is 19.6 Å². The first-order chi connectivity index (χ1) is 13.0. The Labute approximate surface area is 166 Å². The topological polar surface area (TPSA) is 83.9 Å². The first-order valence-electron chi connectivity index (χ1n) is 10.2. The van der Waals surface area contributed by atoms with E-state index < -0.39 is 21.3 Å². The molecular formula is C19H33F2NO5S. The fourth-order valence-electron chi connectivity index (χ4n) is 5.55. The number of hydrogen-bond donors (Lipinski definition) is 1. The smallest absolute Gasteiger partial charge is 0.460 e. The van der Waals surface area contributed by atoms with Crippen molar-refractivity contribution in [1.29, 1.82) is 0 Å². The average molecular weight is 426 g/mol. The number of alkyl halides is 2. The van der Waals surface area contributed by atoms with E-state index in [-0.39, 0.29) is 12.0 Å². The minimum Gasteiger partial charge on any atom is -0.460 e. The fraction of sp³-hybridized carbons (Fsp3) is 0.947. The number of ether oxygens (including phenoxy) is 1. The number of halogens is 2. The third-order valence-electron chi connectivity index (χ3n) is 6.58. The zero-order valence-corrected chi connectivity index (χ0v) is 17.8. The van der Waals surface area contributed by atoms with Gasteiger partial charge in [-0.3, -0.25) is 4.55 Å². The Balaban J connectivity index is 0.000000345. The summed E-state index contributed by atoms with van der Waals surface area (Å²) < 4.78 is 60.4. The van der Waals surface area contributed by atoms with E-state index in [2.05, 4.69) is 30.4 Å². The van der Waals surface area contributed by atoms with Crippen molar-refractivity contribution in [3.63, 3.8) is 0 Å². The van der Waals surface area contributed by atoms with Gasteiger partial charge >= 0.3 is 21.3 Å². The maximum absolute atomic E-state index is 13.2. The number of nitrogens with zero attached hydrogens (tertiary/aromatic N) is 1. The van der Waals surface area contributed by atoms with Gasteiger partial charge in [-0.1, -0.05) is 20.8 Å². The molecule has 4 aliphatic carbocycles. The Morgan fingerprint density at radius 2 is 1.43 bits per heavy atom. The Morgan fingerprint density at radius 3 is 1.71 bits per heavy atom. The van der Waals surface area contributed by atoms with Gasteiger partial charge in [0.05, 0.1) is 6.61 Å².